The van der Waals surface area contributed by atoms with Gasteiger partial charge in [-0.25, -0.2) is 0 Å². The zero-order valence-electron chi connectivity index (χ0n) is 8.56. The van der Waals surface area contributed by atoms with Crippen molar-refractivity contribution in [3.63, 3.8) is 0 Å². The van der Waals surface area contributed by atoms with Crippen molar-refractivity contribution >= 4 is 0 Å². The molecule has 0 amide bonds. The minimum atomic E-state index is 0.918. The van der Waals surface area contributed by atoms with Gasteiger partial charge in [0.15, 0.2) is 0 Å². The number of rotatable bonds is 5. The Labute approximate surface area is 76.2 Å². The smallest absolute Gasteiger partial charge is 0.0177 e. The largest absolute Gasteiger partial charge is 0.389 e. The van der Waals surface area contributed by atoms with E-state index < -0.39 is 0 Å². The highest BCUT2D eigenvalue weighted by atomic mass is 14.9. The molecule has 12 heavy (non-hydrogen) atoms. The summed E-state index contributed by atoms with van der Waals surface area (Å²) in [5.41, 5.74) is 1.10. The monoisotopic (exact) mass is 167 g/mol. The standard InChI is InChI=1S/C11H21N/c1-5-6-10-9(4)11(10)7-12-8(2)3/h9-12H,2,5-7H2,1,3-4H3. The molecule has 1 aliphatic carbocycles. The SMILES string of the molecule is C=C(C)NCC1C(C)C1CCC. The molecule has 1 nitrogen and oxygen atoms in total. The summed E-state index contributed by atoms with van der Waals surface area (Å²) in [5.74, 6) is 2.85. The Morgan fingerprint density at radius 2 is 2.08 bits per heavy atom. The van der Waals surface area contributed by atoms with Gasteiger partial charge in [-0.15, -0.1) is 0 Å². The van der Waals surface area contributed by atoms with Gasteiger partial charge in [0.2, 0.25) is 0 Å². The predicted molar refractivity (Wildman–Crippen MR) is 53.9 cm³/mol. The van der Waals surface area contributed by atoms with E-state index in [2.05, 4.69) is 25.7 Å². The molecule has 0 radical (unpaired) electrons. The van der Waals surface area contributed by atoms with Crippen molar-refractivity contribution in [3.05, 3.63) is 12.3 Å². The Kier molecular flexibility index (Phi) is 3.19. The van der Waals surface area contributed by atoms with Crippen LogP contribution in [0.3, 0.4) is 0 Å². The Hall–Kier alpha value is -0.460. The predicted octanol–water partition coefficient (Wildman–Crippen LogP) is 2.79. The molecule has 0 aliphatic heterocycles. The van der Waals surface area contributed by atoms with E-state index in [1.165, 1.54) is 12.8 Å². The summed E-state index contributed by atoms with van der Waals surface area (Å²) in [5, 5.41) is 3.33. The molecule has 0 aromatic carbocycles. The molecule has 1 heteroatoms. The van der Waals surface area contributed by atoms with E-state index in [1.54, 1.807) is 0 Å². The van der Waals surface area contributed by atoms with Gasteiger partial charge >= 0.3 is 0 Å². The minimum absolute atomic E-state index is 0.918. The lowest BCUT2D eigenvalue weighted by molar-refractivity contribution is 0.605. The van der Waals surface area contributed by atoms with E-state index in [0.29, 0.717) is 0 Å². The summed E-state index contributed by atoms with van der Waals surface area (Å²) in [7, 11) is 0. The molecule has 0 heterocycles. The van der Waals surface area contributed by atoms with Gasteiger partial charge in [0.05, 0.1) is 0 Å². The quantitative estimate of drug-likeness (QED) is 0.664. The van der Waals surface area contributed by atoms with Gasteiger partial charge in [0.1, 0.15) is 0 Å². The molecule has 1 rings (SSSR count). The van der Waals surface area contributed by atoms with Crippen molar-refractivity contribution < 1.29 is 0 Å². The van der Waals surface area contributed by atoms with E-state index in [4.69, 9.17) is 0 Å². The molecule has 0 saturated heterocycles. The Bertz CT molecular complexity index is 162. The molecule has 1 saturated carbocycles. The molecule has 1 aliphatic rings. The summed E-state index contributed by atoms with van der Waals surface area (Å²) in [6.07, 6.45) is 2.74. The lowest BCUT2D eigenvalue weighted by Gasteiger charge is -2.03. The summed E-state index contributed by atoms with van der Waals surface area (Å²) >= 11 is 0. The summed E-state index contributed by atoms with van der Waals surface area (Å²) in [6, 6.07) is 0. The zero-order valence-corrected chi connectivity index (χ0v) is 8.56. The summed E-state index contributed by atoms with van der Waals surface area (Å²) < 4.78 is 0. The minimum Gasteiger partial charge on any atom is -0.389 e. The molecule has 0 bridgehead atoms. The maximum absolute atomic E-state index is 3.84. The van der Waals surface area contributed by atoms with Crippen molar-refractivity contribution in [1.29, 1.82) is 0 Å². The highest BCUT2D eigenvalue weighted by Crippen LogP contribution is 2.48. The third kappa shape index (κ3) is 2.26. The molecule has 1 fully saturated rings. The molecule has 1 N–H and O–H groups in total. The fraction of sp³-hybridized carbons (Fsp3) is 0.818. The Morgan fingerprint density at radius 3 is 2.58 bits per heavy atom. The van der Waals surface area contributed by atoms with Gasteiger partial charge in [-0.05, 0) is 24.7 Å². The summed E-state index contributed by atoms with van der Waals surface area (Å²) in [4.78, 5) is 0. The molecule has 0 aromatic rings. The number of hydrogen-bond acceptors (Lipinski definition) is 1. The second-order valence-corrected chi connectivity index (χ2v) is 4.14. The summed E-state index contributed by atoms with van der Waals surface area (Å²) in [6.45, 7) is 11.6. The van der Waals surface area contributed by atoms with Crippen molar-refractivity contribution in [2.24, 2.45) is 17.8 Å². The van der Waals surface area contributed by atoms with E-state index in [0.717, 1.165) is 30.0 Å². The molecule has 3 atom stereocenters. The van der Waals surface area contributed by atoms with E-state index >= 15 is 0 Å². The van der Waals surface area contributed by atoms with Crippen LogP contribution in [0, 0.1) is 17.8 Å². The van der Waals surface area contributed by atoms with Gasteiger partial charge in [-0.1, -0.05) is 33.3 Å². The van der Waals surface area contributed by atoms with Gasteiger partial charge in [-0.3, -0.25) is 0 Å². The molecular formula is C11H21N. The number of nitrogens with one attached hydrogen (secondary N) is 1. The first-order valence-electron chi connectivity index (χ1n) is 5.06. The molecule has 0 aromatic heterocycles. The second kappa shape index (κ2) is 3.97. The number of allylic oxidation sites excluding steroid dienone is 1. The van der Waals surface area contributed by atoms with Crippen molar-refractivity contribution in [2.75, 3.05) is 6.54 Å². The van der Waals surface area contributed by atoms with Crippen LogP contribution in [0.15, 0.2) is 12.3 Å². The van der Waals surface area contributed by atoms with Crippen molar-refractivity contribution in [3.8, 4) is 0 Å². The van der Waals surface area contributed by atoms with Crippen LogP contribution < -0.4 is 5.32 Å². The van der Waals surface area contributed by atoms with Crippen LogP contribution in [0.4, 0.5) is 0 Å². The molecule has 70 valence electrons. The molecule has 3 unspecified atom stereocenters. The van der Waals surface area contributed by atoms with Crippen LogP contribution in [0.5, 0.6) is 0 Å². The van der Waals surface area contributed by atoms with Gasteiger partial charge in [0, 0.05) is 12.2 Å². The number of hydrogen-bond donors (Lipinski definition) is 1. The first-order valence-corrected chi connectivity index (χ1v) is 5.06. The van der Waals surface area contributed by atoms with Crippen molar-refractivity contribution in [2.45, 2.75) is 33.6 Å². The van der Waals surface area contributed by atoms with Gasteiger partial charge < -0.3 is 5.32 Å². The van der Waals surface area contributed by atoms with E-state index in [1.807, 2.05) is 6.92 Å². The topological polar surface area (TPSA) is 12.0 Å². The fourth-order valence-electron chi connectivity index (χ4n) is 2.08. The van der Waals surface area contributed by atoms with Crippen LogP contribution in [-0.2, 0) is 0 Å². The van der Waals surface area contributed by atoms with E-state index in [-0.39, 0.29) is 0 Å². The molecular weight excluding hydrogens is 146 g/mol. The third-order valence-corrected chi connectivity index (χ3v) is 3.02. The average Bonchev–Trinajstić information content (AvgIpc) is 2.59. The lowest BCUT2D eigenvalue weighted by Crippen LogP contribution is -2.14. The lowest BCUT2D eigenvalue weighted by atomic mass is 10.2. The Balaban J connectivity index is 2.15. The van der Waals surface area contributed by atoms with Crippen LogP contribution >= 0.6 is 0 Å². The van der Waals surface area contributed by atoms with E-state index in [9.17, 15) is 0 Å². The van der Waals surface area contributed by atoms with Gasteiger partial charge in [-0.2, -0.15) is 0 Å². The van der Waals surface area contributed by atoms with Crippen LogP contribution in [0.1, 0.15) is 33.6 Å². The average molecular weight is 167 g/mol. The Morgan fingerprint density at radius 1 is 1.42 bits per heavy atom. The van der Waals surface area contributed by atoms with Crippen LogP contribution in [0.2, 0.25) is 0 Å². The van der Waals surface area contributed by atoms with Gasteiger partial charge in [0.25, 0.3) is 0 Å². The molecule has 0 spiro atoms. The van der Waals surface area contributed by atoms with Crippen LogP contribution in [0.25, 0.3) is 0 Å². The zero-order chi connectivity index (χ0) is 9.14. The first-order chi connectivity index (χ1) is 5.66. The maximum Gasteiger partial charge on any atom is 0.0177 e. The van der Waals surface area contributed by atoms with Crippen LogP contribution in [-0.4, -0.2) is 6.54 Å². The maximum atomic E-state index is 3.84. The normalized spacial score (nSPS) is 33.1. The van der Waals surface area contributed by atoms with Crippen molar-refractivity contribution in [1.82, 2.24) is 5.32 Å². The highest BCUT2D eigenvalue weighted by Gasteiger charge is 2.44. The fourth-order valence-corrected chi connectivity index (χ4v) is 2.08. The first kappa shape index (κ1) is 9.63. The highest BCUT2D eigenvalue weighted by molar-refractivity contribution is 4.97. The third-order valence-electron chi connectivity index (χ3n) is 3.02. The second-order valence-electron chi connectivity index (χ2n) is 4.14.